The number of amides is 2. The highest BCUT2D eigenvalue weighted by Gasteiger charge is 2.35. The number of nitrogens with one attached hydrogen (secondary N) is 2. The molecule has 2 aromatic carbocycles. The molecule has 9 heteroatoms. The molecule has 0 saturated carbocycles. The van der Waals surface area contributed by atoms with Crippen LogP contribution >= 0.6 is 11.6 Å². The molecular formula is C23H25ClN2O5S. The summed E-state index contributed by atoms with van der Waals surface area (Å²) < 4.78 is 31.1. The maximum Gasteiger partial charge on any atom is 0.338 e. The summed E-state index contributed by atoms with van der Waals surface area (Å²) >= 11 is 5.95. The van der Waals surface area contributed by atoms with Gasteiger partial charge in [-0.2, -0.15) is 0 Å². The van der Waals surface area contributed by atoms with E-state index in [0.29, 0.717) is 16.5 Å². The van der Waals surface area contributed by atoms with E-state index in [1.165, 1.54) is 7.11 Å². The zero-order valence-corrected chi connectivity index (χ0v) is 19.6. The first-order valence-corrected chi connectivity index (χ1v) is 12.1. The van der Waals surface area contributed by atoms with Gasteiger partial charge < -0.3 is 15.4 Å². The standard InChI is InChI=1S/C23H25ClN2O5S/c1-14(2)12-15-4-10-18(11-5-15)32(29,30)13-19-20(22(27)31-3)21(26-23(28)25-19)16-6-8-17(24)9-7-16/h4-11,14,21H,12-13H2,1-3H3,(H2,25,26,28)/t21-/m0/s1. The van der Waals surface area contributed by atoms with Crippen molar-refractivity contribution in [2.45, 2.75) is 31.2 Å². The van der Waals surface area contributed by atoms with Gasteiger partial charge in [0.25, 0.3) is 0 Å². The monoisotopic (exact) mass is 476 g/mol. The van der Waals surface area contributed by atoms with Crippen LogP contribution in [-0.2, 0) is 25.8 Å². The van der Waals surface area contributed by atoms with Gasteiger partial charge in [0, 0.05) is 10.7 Å². The second kappa shape index (κ2) is 9.75. The second-order valence-corrected chi connectivity index (χ2v) is 10.4. The van der Waals surface area contributed by atoms with E-state index in [1.807, 2.05) is 0 Å². The van der Waals surface area contributed by atoms with Crippen LogP contribution in [0.4, 0.5) is 4.79 Å². The molecule has 3 rings (SSSR count). The average Bonchev–Trinajstić information content (AvgIpc) is 2.73. The van der Waals surface area contributed by atoms with E-state index in [4.69, 9.17) is 16.3 Å². The number of ether oxygens (including phenoxy) is 1. The van der Waals surface area contributed by atoms with E-state index in [1.54, 1.807) is 48.5 Å². The Kier molecular flexibility index (Phi) is 7.26. The first kappa shape index (κ1) is 23.8. The third kappa shape index (κ3) is 5.49. The van der Waals surface area contributed by atoms with Crippen molar-refractivity contribution in [3.63, 3.8) is 0 Å². The van der Waals surface area contributed by atoms with E-state index in [0.717, 1.165) is 12.0 Å². The topological polar surface area (TPSA) is 102 Å². The predicted molar refractivity (Wildman–Crippen MR) is 122 cm³/mol. The molecule has 0 radical (unpaired) electrons. The molecule has 0 aromatic heterocycles. The van der Waals surface area contributed by atoms with Gasteiger partial charge in [-0.25, -0.2) is 18.0 Å². The number of hydrogen-bond donors (Lipinski definition) is 2. The van der Waals surface area contributed by atoms with Crippen molar-refractivity contribution in [2.24, 2.45) is 5.92 Å². The average molecular weight is 477 g/mol. The van der Waals surface area contributed by atoms with Crippen LogP contribution in [0.1, 0.15) is 31.0 Å². The Morgan fingerprint density at radius 3 is 2.28 bits per heavy atom. The van der Waals surface area contributed by atoms with Crippen molar-refractivity contribution in [3.8, 4) is 0 Å². The van der Waals surface area contributed by atoms with Gasteiger partial charge in [-0.15, -0.1) is 0 Å². The third-order valence-electron chi connectivity index (χ3n) is 5.02. The smallest absolute Gasteiger partial charge is 0.338 e. The number of hydrogen-bond acceptors (Lipinski definition) is 5. The van der Waals surface area contributed by atoms with Gasteiger partial charge in [0.1, 0.15) is 0 Å². The Bertz CT molecular complexity index is 1140. The minimum atomic E-state index is -3.84. The molecule has 7 nitrogen and oxygen atoms in total. The normalized spacial score (nSPS) is 16.5. The van der Waals surface area contributed by atoms with Gasteiger partial charge in [-0.3, -0.25) is 0 Å². The fourth-order valence-corrected chi connectivity index (χ4v) is 5.02. The molecule has 1 aliphatic heterocycles. The first-order chi connectivity index (χ1) is 15.1. The summed E-state index contributed by atoms with van der Waals surface area (Å²) in [5, 5.41) is 5.62. The van der Waals surface area contributed by atoms with Crippen molar-refractivity contribution in [1.82, 2.24) is 10.6 Å². The highest BCUT2D eigenvalue weighted by atomic mass is 35.5. The van der Waals surface area contributed by atoms with E-state index < -0.39 is 33.6 Å². The third-order valence-corrected chi connectivity index (χ3v) is 6.93. The zero-order valence-electron chi connectivity index (χ0n) is 18.0. The summed E-state index contributed by atoms with van der Waals surface area (Å²) in [5.41, 5.74) is 1.60. The largest absolute Gasteiger partial charge is 0.466 e. The summed E-state index contributed by atoms with van der Waals surface area (Å²) in [5.74, 6) is -0.853. The number of esters is 1. The predicted octanol–water partition coefficient (Wildman–Crippen LogP) is 3.79. The van der Waals surface area contributed by atoms with E-state index in [9.17, 15) is 18.0 Å². The molecule has 2 aromatic rings. The summed E-state index contributed by atoms with van der Waals surface area (Å²) in [6.45, 7) is 4.17. The van der Waals surface area contributed by atoms with Crippen molar-refractivity contribution in [2.75, 3.05) is 12.9 Å². The van der Waals surface area contributed by atoms with Crippen molar-refractivity contribution >= 4 is 33.4 Å². The van der Waals surface area contributed by atoms with Gasteiger partial charge in [-0.05, 0) is 47.7 Å². The van der Waals surface area contributed by atoms with Crippen molar-refractivity contribution in [3.05, 3.63) is 76.0 Å². The number of carbonyl (C=O) groups is 2. The Labute approximate surface area is 192 Å². The Morgan fingerprint density at radius 2 is 1.72 bits per heavy atom. The van der Waals surface area contributed by atoms with Gasteiger partial charge in [-0.1, -0.05) is 49.7 Å². The van der Waals surface area contributed by atoms with Crippen molar-refractivity contribution in [1.29, 1.82) is 0 Å². The van der Waals surface area contributed by atoms with E-state index >= 15 is 0 Å². The summed E-state index contributed by atoms with van der Waals surface area (Å²) in [4.78, 5) is 25.0. The minimum absolute atomic E-state index is 0.0215. The number of carbonyl (C=O) groups excluding carboxylic acids is 2. The molecule has 0 aliphatic carbocycles. The van der Waals surface area contributed by atoms with Crippen LogP contribution in [0, 0.1) is 5.92 Å². The molecule has 0 saturated heterocycles. The Hall–Kier alpha value is -2.84. The lowest BCUT2D eigenvalue weighted by molar-refractivity contribution is -0.136. The molecule has 1 heterocycles. The lowest BCUT2D eigenvalue weighted by Gasteiger charge is -2.29. The summed E-state index contributed by atoms with van der Waals surface area (Å²) in [6, 6.07) is 11.7. The summed E-state index contributed by atoms with van der Waals surface area (Å²) in [7, 11) is -2.65. The quantitative estimate of drug-likeness (QED) is 0.592. The Balaban J connectivity index is 2.00. The van der Waals surface area contributed by atoms with Crippen molar-refractivity contribution < 1.29 is 22.7 Å². The SMILES string of the molecule is COC(=O)C1=C(CS(=O)(=O)c2ccc(CC(C)C)cc2)NC(=O)N[C@H]1c1ccc(Cl)cc1. The zero-order chi connectivity index (χ0) is 23.5. The molecule has 0 fully saturated rings. The van der Waals surface area contributed by atoms with Gasteiger partial charge in [0.15, 0.2) is 9.84 Å². The van der Waals surface area contributed by atoms with Gasteiger partial charge >= 0.3 is 12.0 Å². The van der Waals surface area contributed by atoms with Gasteiger partial charge in [0.05, 0.1) is 29.4 Å². The molecule has 170 valence electrons. The molecule has 2 N–H and O–H groups in total. The Morgan fingerprint density at radius 1 is 1.09 bits per heavy atom. The maximum atomic E-state index is 13.1. The van der Waals surface area contributed by atoms with E-state index in [-0.39, 0.29) is 16.2 Å². The fourth-order valence-electron chi connectivity index (χ4n) is 3.57. The maximum absolute atomic E-state index is 13.1. The molecule has 2 amide bonds. The molecule has 1 atom stereocenters. The number of halogens is 1. The molecule has 1 aliphatic rings. The van der Waals surface area contributed by atoms with Crippen LogP contribution < -0.4 is 10.6 Å². The molecule has 32 heavy (non-hydrogen) atoms. The molecule has 0 spiro atoms. The van der Waals surface area contributed by atoms with E-state index in [2.05, 4.69) is 24.5 Å². The number of urea groups is 1. The second-order valence-electron chi connectivity index (χ2n) is 7.97. The van der Waals surface area contributed by atoms with Crippen LogP contribution in [0.15, 0.2) is 64.7 Å². The highest BCUT2D eigenvalue weighted by molar-refractivity contribution is 7.91. The van der Waals surface area contributed by atoms with Crippen LogP contribution in [0.5, 0.6) is 0 Å². The number of methoxy groups -OCH3 is 1. The minimum Gasteiger partial charge on any atom is -0.466 e. The van der Waals surface area contributed by atoms with Crippen LogP contribution in [0.2, 0.25) is 5.02 Å². The number of benzene rings is 2. The fraction of sp³-hybridized carbons (Fsp3) is 0.304. The van der Waals surface area contributed by atoms with Crippen LogP contribution in [-0.4, -0.2) is 33.3 Å². The number of rotatable bonds is 7. The molecular weight excluding hydrogens is 452 g/mol. The number of sulfone groups is 1. The lowest BCUT2D eigenvalue weighted by atomic mass is 9.95. The van der Waals surface area contributed by atoms with Crippen LogP contribution in [0.25, 0.3) is 0 Å². The molecule has 0 unspecified atom stereocenters. The lowest BCUT2D eigenvalue weighted by Crippen LogP contribution is -2.47. The summed E-state index contributed by atoms with van der Waals surface area (Å²) in [6.07, 6.45) is 0.836. The first-order valence-electron chi connectivity index (χ1n) is 10.1. The van der Waals surface area contributed by atoms with Crippen LogP contribution in [0.3, 0.4) is 0 Å². The highest BCUT2D eigenvalue weighted by Crippen LogP contribution is 2.30. The molecule has 0 bridgehead atoms. The van der Waals surface area contributed by atoms with Gasteiger partial charge in [0.2, 0.25) is 0 Å².